The van der Waals surface area contributed by atoms with Crippen LogP contribution in [0.1, 0.15) is 0 Å². The molecule has 0 heterocycles. The maximum atomic E-state index is 10.4. The lowest BCUT2D eigenvalue weighted by Gasteiger charge is -1.96. The van der Waals surface area contributed by atoms with Gasteiger partial charge in [-0.2, -0.15) is 4.79 Å². The van der Waals surface area contributed by atoms with Crippen molar-refractivity contribution in [3.8, 4) is 0 Å². The number of hydrogen-bond donors (Lipinski definition) is 1. The van der Waals surface area contributed by atoms with Gasteiger partial charge in [0.05, 0.1) is 7.11 Å². The summed E-state index contributed by atoms with van der Waals surface area (Å²) in [5.74, 6) is -1.22. The second-order valence-corrected chi connectivity index (χ2v) is 1.54. The zero-order valence-electron chi connectivity index (χ0n) is 5.90. The van der Waals surface area contributed by atoms with Crippen LogP contribution in [0.25, 0.3) is 5.53 Å². The van der Waals surface area contributed by atoms with Crippen molar-refractivity contribution >= 4 is 18.1 Å². The topological polar surface area (TPSA) is 91.8 Å². The number of hydrogen-bond acceptors (Lipinski definition) is 3. The summed E-state index contributed by atoms with van der Waals surface area (Å²) in [6, 6.07) is 0. The Bertz CT molecular complexity index is 207. The van der Waals surface area contributed by atoms with Crippen LogP contribution in [-0.4, -0.2) is 36.5 Å². The minimum absolute atomic E-state index is 0.235. The normalized spacial score (nSPS) is 7.73. The van der Waals surface area contributed by atoms with Crippen LogP contribution in [0.2, 0.25) is 0 Å². The van der Waals surface area contributed by atoms with Crippen LogP contribution < -0.4 is 5.32 Å². The summed E-state index contributed by atoms with van der Waals surface area (Å²) in [4.78, 5) is 23.3. The Balaban J connectivity index is 3.62. The lowest BCUT2D eigenvalue weighted by atomic mass is 10.6. The van der Waals surface area contributed by atoms with Gasteiger partial charge in [-0.15, -0.1) is 0 Å². The Morgan fingerprint density at radius 3 is 2.82 bits per heavy atom. The molecule has 0 aliphatic carbocycles. The zero-order chi connectivity index (χ0) is 8.69. The van der Waals surface area contributed by atoms with E-state index in [-0.39, 0.29) is 6.54 Å². The van der Waals surface area contributed by atoms with E-state index in [1.165, 1.54) is 7.11 Å². The summed E-state index contributed by atoms with van der Waals surface area (Å²) >= 11 is 0. The number of rotatable bonds is 3. The molecule has 1 amide bonds. The minimum Gasteiger partial charge on any atom is -0.468 e. The van der Waals surface area contributed by atoms with Crippen molar-refractivity contribution < 1.29 is 19.1 Å². The molecule has 0 atom stereocenters. The highest BCUT2D eigenvalue weighted by atomic mass is 16.5. The number of amides is 1. The van der Waals surface area contributed by atoms with Crippen molar-refractivity contribution in [1.29, 1.82) is 0 Å². The SMILES string of the molecule is COC(=O)CNC(=O)C=[N+]=[N-]. The first kappa shape index (κ1) is 9.32. The maximum Gasteiger partial charge on any atom is 0.344 e. The molecule has 0 fully saturated rings. The molecule has 6 nitrogen and oxygen atoms in total. The monoisotopic (exact) mass is 157 g/mol. The van der Waals surface area contributed by atoms with Crippen LogP contribution in [0.4, 0.5) is 0 Å². The van der Waals surface area contributed by atoms with Gasteiger partial charge in [-0.3, -0.25) is 9.59 Å². The third-order valence-electron chi connectivity index (χ3n) is 0.810. The summed E-state index contributed by atoms with van der Waals surface area (Å²) in [7, 11) is 1.20. The molecule has 0 unspecified atom stereocenters. The largest absolute Gasteiger partial charge is 0.468 e. The average Bonchev–Trinajstić information content (AvgIpc) is 2.01. The fourth-order valence-electron chi connectivity index (χ4n) is 0.330. The van der Waals surface area contributed by atoms with Crippen molar-refractivity contribution in [3.05, 3.63) is 5.53 Å². The van der Waals surface area contributed by atoms with Crippen molar-refractivity contribution in [2.24, 2.45) is 0 Å². The predicted molar refractivity (Wildman–Crippen MR) is 34.7 cm³/mol. The summed E-state index contributed by atoms with van der Waals surface area (Å²) in [5.41, 5.74) is 7.85. The second-order valence-electron chi connectivity index (χ2n) is 1.54. The highest BCUT2D eigenvalue weighted by molar-refractivity contribution is 6.24. The van der Waals surface area contributed by atoms with Crippen LogP contribution in [-0.2, 0) is 14.3 Å². The van der Waals surface area contributed by atoms with E-state index >= 15 is 0 Å². The van der Waals surface area contributed by atoms with Crippen LogP contribution in [0.15, 0.2) is 0 Å². The van der Waals surface area contributed by atoms with E-state index in [4.69, 9.17) is 5.53 Å². The first-order chi connectivity index (χ1) is 5.20. The Labute approximate surface area is 62.8 Å². The van der Waals surface area contributed by atoms with E-state index < -0.39 is 11.9 Å². The Kier molecular flexibility index (Phi) is 4.35. The third kappa shape index (κ3) is 4.80. The summed E-state index contributed by atoms with van der Waals surface area (Å²) < 4.78 is 4.22. The lowest BCUT2D eigenvalue weighted by molar-refractivity contribution is -0.140. The van der Waals surface area contributed by atoms with Crippen LogP contribution in [0.3, 0.4) is 0 Å². The van der Waals surface area contributed by atoms with Gasteiger partial charge >= 0.3 is 18.1 Å². The van der Waals surface area contributed by atoms with Gasteiger partial charge in [0.1, 0.15) is 6.54 Å². The quantitative estimate of drug-likeness (QED) is 0.236. The molecule has 0 aliphatic heterocycles. The molecule has 60 valence electrons. The number of carbonyl (C=O) groups excluding carboxylic acids is 2. The Morgan fingerprint density at radius 2 is 2.36 bits per heavy atom. The molecule has 0 spiro atoms. The minimum atomic E-state index is -0.655. The van der Waals surface area contributed by atoms with Gasteiger partial charge < -0.3 is 15.6 Å². The number of ether oxygens (including phenoxy) is 1. The number of carbonyl (C=O) groups is 2. The number of nitrogens with zero attached hydrogens (tertiary/aromatic N) is 2. The van der Waals surface area contributed by atoms with Crippen LogP contribution >= 0.6 is 0 Å². The molecule has 0 saturated carbocycles. The fourth-order valence-corrected chi connectivity index (χ4v) is 0.330. The Hall–Kier alpha value is -1.68. The molecule has 0 radical (unpaired) electrons. The molecular formula is C5H7N3O3. The molecule has 6 heteroatoms. The lowest BCUT2D eigenvalue weighted by Crippen LogP contribution is -2.30. The number of nitrogens with one attached hydrogen (secondary N) is 1. The third-order valence-corrected chi connectivity index (χ3v) is 0.810. The summed E-state index contributed by atoms with van der Waals surface area (Å²) in [6.07, 6.45) is 0.642. The van der Waals surface area contributed by atoms with Crippen LogP contribution in [0.5, 0.6) is 0 Å². The molecule has 0 aromatic heterocycles. The zero-order valence-corrected chi connectivity index (χ0v) is 5.90. The molecule has 0 saturated heterocycles. The van der Waals surface area contributed by atoms with E-state index in [0.29, 0.717) is 6.21 Å². The van der Waals surface area contributed by atoms with E-state index in [2.05, 4.69) is 14.8 Å². The number of esters is 1. The van der Waals surface area contributed by atoms with Gasteiger partial charge in [-0.1, -0.05) is 0 Å². The molecule has 0 aliphatic rings. The van der Waals surface area contributed by atoms with Crippen molar-refractivity contribution in [2.75, 3.05) is 13.7 Å². The van der Waals surface area contributed by atoms with E-state index in [0.717, 1.165) is 0 Å². The predicted octanol–water partition coefficient (Wildman–Crippen LogP) is -1.42. The fraction of sp³-hybridized carbons (Fsp3) is 0.400. The van der Waals surface area contributed by atoms with Gasteiger partial charge in [0.2, 0.25) is 0 Å². The van der Waals surface area contributed by atoms with Crippen LogP contribution in [0, 0.1) is 0 Å². The van der Waals surface area contributed by atoms with Gasteiger partial charge in [-0.25, -0.2) is 0 Å². The highest BCUT2D eigenvalue weighted by Gasteiger charge is 2.04. The van der Waals surface area contributed by atoms with Gasteiger partial charge in [0.15, 0.2) is 0 Å². The van der Waals surface area contributed by atoms with Gasteiger partial charge in [0.25, 0.3) is 0 Å². The average molecular weight is 157 g/mol. The van der Waals surface area contributed by atoms with E-state index in [1.54, 1.807) is 0 Å². The standard InChI is InChI=1S/C5H7N3O3/c1-11-5(10)3-7-4(9)2-8-6/h2H,3H2,1H3,(H,7,9). The molecule has 0 aromatic carbocycles. The molecule has 0 rings (SSSR count). The maximum absolute atomic E-state index is 10.4. The highest BCUT2D eigenvalue weighted by Crippen LogP contribution is 1.68. The van der Waals surface area contributed by atoms with E-state index in [1.807, 2.05) is 0 Å². The molecule has 1 N–H and O–H groups in total. The second kappa shape index (κ2) is 5.13. The Morgan fingerprint density at radius 1 is 1.73 bits per heavy atom. The molecule has 11 heavy (non-hydrogen) atoms. The van der Waals surface area contributed by atoms with Gasteiger partial charge in [-0.05, 0) is 0 Å². The van der Waals surface area contributed by atoms with Crippen molar-refractivity contribution in [1.82, 2.24) is 5.32 Å². The first-order valence-electron chi connectivity index (χ1n) is 2.72. The van der Waals surface area contributed by atoms with Crippen molar-refractivity contribution in [3.63, 3.8) is 0 Å². The summed E-state index contributed by atoms with van der Waals surface area (Å²) in [5, 5.41) is 2.11. The van der Waals surface area contributed by atoms with Crippen molar-refractivity contribution in [2.45, 2.75) is 0 Å². The van der Waals surface area contributed by atoms with Gasteiger partial charge in [0, 0.05) is 0 Å². The smallest absolute Gasteiger partial charge is 0.344 e. The molecule has 0 bridgehead atoms. The first-order valence-corrected chi connectivity index (χ1v) is 2.72. The van der Waals surface area contributed by atoms with E-state index in [9.17, 15) is 9.59 Å². The molecule has 0 aromatic rings. The number of methoxy groups -OCH3 is 1. The summed E-state index contributed by atoms with van der Waals surface area (Å²) in [6.45, 7) is -0.235. The molecular weight excluding hydrogens is 150 g/mol.